The number of rotatable bonds is 0. The van der Waals surface area contributed by atoms with Gasteiger partial charge in [0, 0.05) is 0 Å². The molecule has 0 fully saturated rings. The van der Waals surface area contributed by atoms with Gasteiger partial charge in [0.2, 0.25) is 28.1 Å². The van der Waals surface area contributed by atoms with Crippen LogP contribution in [-0.2, 0) is 0 Å². The van der Waals surface area contributed by atoms with E-state index < -0.39 is 39.8 Å². The molecule has 0 aliphatic carbocycles. The highest BCUT2D eigenvalue weighted by Crippen LogP contribution is 2.42. The van der Waals surface area contributed by atoms with Crippen molar-refractivity contribution in [3.8, 4) is 28.7 Å². The summed E-state index contributed by atoms with van der Waals surface area (Å²) < 4.78 is 10.8. The van der Waals surface area contributed by atoms with Crippen molar-refractivity contribution in [3.05, 3.63) is 87.2 Å². The Morgan fingerprint density at radius 1 is 0.486 bits per heavy atom. The molecule has 4 aromatic carbocycles. The fourth-order valence-corrected chi connectivity index (χ4v) is 3.74. The van der Waals surface area contributed by atoms with Gasteiger partial charge < -0.3 is 34.4 Å². The summed E-state index contributed by atoms with van der Waals surface area (Å²) in [6.45, 7) is 0. The predicted molar refractivity (Wildman–Crippen MR) is 128 cm³/mol. The van der Waals surface area contributed by atoms with Crippen molar-refractivity contribution >= 4 is 43.9 Å². The molecule has 0 aliphatic heterocycles. The van der Waals surface area contributed by atoms with Crippen LogP contribution in [0, 0.1) is 0 Å². The van der Waals surface area contributed by atoms with Crippen molar-refractivity contribution in [2.24, 2.45) is 0 Å². The van der Waals surface area contributed by atoms with Gasteiger partial charge in [-0.3, -0.25) is 9.59 Å². The fraction of sp³-hybridized carbons (Fsp3) is 0. The van der Waals surface area contributed by atoms with Gasteiger partial charge in [-0.25, -0.2) is 0 Å². The first-order valence-electron chi connectivity index (χ1n) is 10.2. The lowest BCUT2D eigenvalue weighted by molar-refractivity contribution is 0.366. The van der Waals surface area contributed by atoms with E-state index in [0.29, 0.717) is 21.9 Å². The number of hydrogen-bond acceptors (Lipinski definition) is 9. The molecule has 174 valence electrons. The number of hydrogen-bond donors (Lipinski definition) is 5. The molecule has 0 radical (unpaired) electrons. The number of fused-ring (bicyclic) bond motifs is 4. The molecule has 0 unspecified atom stereocenters. The smallest absolute Gasteiger partial charge is 0.205 e. The molecule has 2 aromatic heterocycles. The van der Waals surface area contributed by atoms with Crippen LogP contribution in [0.15, 0.2) is 85.2 Å². The van der Waals surface area contributed by atoms with Crippen LogP contribution in [0.1, 0.15) is 0 Å². The average Bonchev–Trinajstić information content (AvgIpc) is 2.87. The van der Waals surface area contributed by atoms with Crippen LogP contribution >= 0.6 is 0 Å². The molecule has 6 rings (SSSR count). The Bertz CT molecular complexity index is 1840. The summed E-state index contributed by atoms with van der Waals surface area (Å²) in [6, 6.07) is 17.9. The van der Waals surface area contributed by atoms with Gasteiger partial charge >= 0.3 is 0 Å². The highest BCUT2D eigenvalue weighted by molar-refractivity contribution is 5.97. The van der Waals surface area contributed by atoms with Gasteiger partial charge in [-0.1, -0.05) is 24.3 Å². The van der Waals surface area contributed by atoms with Crippen molar-refractivity contribution in [2.75, 3.05) is 0 Å². The van der Waals surface area contributed by atoms with Crippen LogP contribution in [-0.4, -0.2) is 25.5 Å². The standard InChI is InChI=1S/C13H8O7.C13H8O2/c14-6-2-1-4-8(16)5-3-7(15)9(17)11(19)13(5)20-12(4)10(6)18;14-13-9-5-1-3-7-11(9)15-12-8-4-2-6-10(12)13/h1-3,14-15,17-19H;1-8H. The third-order valence-electron chi connectivity index (χ3n) is 5.49. The van der Waals surface area contributed by atoms with E-state index in [9.17, 15) is 35.1 Å². The van der Waals surface area contributed by atoms with Crippen molar-refractivity contribution in [2.45, 2.75) is 0 Å². The number of phenols is 5. The minimum absolute atomic E-state index is 0.0347. The van der Waals surface area contributed by atoms with Crippen LogP contribution in [0.2, 0.25) is 0 Å². The van der Waals surface area contributed by atoms with Crippen molar-refractivity contribution in [3.63, 3.8) is 0 Å². The van der Waals surface area contributed by atoms with E-state index in [4.69, 9.17) is 8.83 Å². The summed E-state index contributed by atoms with van der Waals surface area (Å²) in [6.07, 6.45) is 0. The number of aromatic hydroxyl groups is 5. The third kappa shape index (κ3) is 3.42. The highest BCUT2D eigenvalue weighted by Gasteiger charge is 2.20. The van der Waals surface area contributed by atoms with E-state index in [-0.39, 0.29) is 21.8 Å². The topological polar surface area (TPSA) is 162 Å². The maximum absolute atomic E-state index is 12.2. The molecule has 6 aromatic rings. The predicted octanol–water partition coefficient (Wildman–Crippen LogP) is 4.42. The van der Waals surface area contributed by atoms with Crippen LogP contribution in [0.25, 0.3) is 43.9 Å². The first kappa shape index (κ1) is 21.7. The molecule has 9 heteroatoms. The Hall–Kier alpha value is -5.18. The van der Waals surface area contributed by atoms with E-state index >= 15 is 0 Å². The highest BCUT2D eigenvalue weighted by atomic mass is 16.4. The summed E-state index contributed by atoms with van der Waals surface area (Å²) >= 11 is 0. The Balaban J connectivity index is 0.000000151. The SMILES string of the molecule is O=c1c2ccc(O)c(O)c2oc2c(O)c(O)c(O)cc12.O=c1c2ccccc2oc2ccccc12. The minimum atomic E-state index is -0.848. The van der Waals surface area contributed by atoms with Gasteiger partial charge in [-0.15, -0.1) is 0 Å². The molecule has 0 saturated carbocycles. The van der Waals surface area contributed by atoms with Gasteiger partial charge in [0.05, 0.1) is 21.5 Å². The maximum atomic E-state index is 12.2. The van der Waals surface area contributed by atoms with Gasteiger partial charge in [-0.2, -0.15) is 0 Å². The van der Waals surface area contributed by atoms with Crippen LogP contribution in [0.4, 0.5) is 0 Å². The largest absolute Gasteiger partial charge is 0.504 e. The molecule has 0 saturated heterocycles. The second-order valence-corrected chi connectivity index (χ2v) is 7.63. The molecule has 0 spiro atoms. The lowest BCUT2D eigenvalue weighted by Gasteiger charge is -2.07. The first-order chi connectivity index (χ1) is 16.8. The number of para-hydroxylation sites is 2. The molecule has 0 bridgehead atoms. The normalized spacial score (nSPS) is 11.1. The third-order valence-corrected chi connectivity index (χ3v) is 5.49. The van der Waals surface area contributed by atoms with E-state index in [1.807, 2.05) is 36.4 Å². The van der Waals surface area contributed by atoms with Gasteiger partial charge in [-0.05, 0) is 42.5 Å². The molecular formula is C26H16O9. The quantitative estimate of drug-likeness (QED) is 0.159. The molecule has 9 nitrogen and oxygen atoms in total. The van der Waals surface area contributed by atoms with E-state index in [1.54, 1.807) is 12.1 Å². The summed E-state index contributed by atoms with van der Waals surface area (Å²) in [5.74, 6) is -3.51. The van der Waals surface area contributed by atoms with Crippen LogP contribution < -0.4 is 10.9 Å². The lowest BCUT2D eigenvalue weighted by atomic mass is 10.1. The molecule has 5 N–H and O–H groups in total. The van der Waals surface area contributed by atoms with Gasteiger partial charge in [0.25, 0.3) is 0 Å². The molecule has 2 heterocycles. The Morgan fingerprint density at radius 3 is 1.66 bits per heavy atom. The van der Waals surface area contributed by atoms with Crippen molar-refractivity contribution in [1.82, 2.24) is 0 Å². The molecule has 35 heavy (non-hydrogen) atoms. The lowest BCUT2D eigenvalue weighted by Crippen LogP contribution is -2.02. The first-order valence-corrected chi connectivity index (χ1v) is 10.2. The fourth-order valence-electron chi connectivity index (χ4n) is 3.74. The molecule has 0 amide bonds. The Kier molecular flexibility index (Phi) is 4.95. The van der Waals surface area contributed by atoms with Crippen LogP contribution in [0.3, 0.4) is 0 Å². The summed E-state index contributed by atoms with van der Waals surface area (Å²) in [4.78, 5) is 24.2. The summed E-state index contributed by atoms with van der Waals surface area (Å²) in [5.41, 5.74) is -0.0569. The summed E-state index contributed by atoms with van der Waals surface area (Å²) in [5, 5.41) is 48.6. The number of benzene rings is 4. The zero-order valence-corrected chi connectivity index (χ0v) is 17.7. The average molecular weight is 472 g/mol. The number of phenolic OH excluding ortho intramolecular Hbond substituents is 5. The second-order valence-electron chi connectivity index (χ2n) is 7.63. The zero-order chi connectivity index (χ0) is 24.9. The van der Waals surface area contributed by atoms with Gasteiger partial charge in [0.15, 0.2) is 22.7 Å². The molecular weight excluding hydrogens is 456 g/mol. The minimum Gasteiger partial charge on any atom is -0.504 e. The summed E-state index contributed by atoms with van der Waals surface area (Å²) in [7, 11) is 0. The molecule has 0 atom stereocenters. The van der Waals surface area contributed by atoms with E-state index in [2.05, 4.69) is 0 Å². The van der Waals surface area contributed by atoms with E-state index in [1.165, 1.54) is 6.07 Å². The van der Waals surface area contributed by atoms with Gasteiger partial charge in [0.1, 0.15) is 11.2 Å². The van der Waals surface area contributed by atoms with E-state index in [0.717, 1.165) is 12.1 Å². The zero-order valence-electron chi connectivity index (χ0n) is 17.7. The Labute approximate surface area is 194 Å². The maximum Gasteiger partial charge on any atom is 0.205 e. The second kappa shape index (κ2) is 7.99. The Morgan fingerprint density at radius 2 is 1.03 bits per heavy atom. The van der Waals surface area contributed by atoms with Crippen LogP contribution in [0.5, 0.6) is 28.7 Å². The monoisotopic (exact) mass is 472 g/mol. The van der Waals surface area contributed by atoms with Crippen molar-refractivity contribution in [1.29, 1.82) is 0 Å². The molecule has 0 aliphatic rings. The van der Waals surface area contributed by atoms with Crippen molar-refractivity contribution < 1.29 is 34.4 Å².